The van der Waals surface area contributed by atoms with Crippen molar-refractivity contribution >= 4 is 11.0 Å². The van der Waals surface area contributed by atoms with Gasteiger partial charge in [-0.15, -0.1) is 0 Å². The minimum absolute atomic E-state index is 0.160. The fourth-order valence-corrected chi connectivity index (χ4v) is 1.89. The summed E-state index contributed by atoms with van der Waals surface area (Å²) in [6, 6.07) is 5.34. The van der Waals surface area contributed by atoms with Crippen LogP contribution in [-0.2, 0) is 6.61 Å². The van der Waals surface area contributed by atoms with E-state index >= 15 is 0 Å². The molecule has 0 spiro atoms. The third kappa shape index (κ3) is 2.13. The van der Waals surface area contributed by atoms with Crippen molar-refractivity contribution in [1.82, 2.24) is 20.6 Å². The maximum absolute atomic E-state index is 11.7. The molecule has 0 bridgehead atoms. The van der Waals surface area contributed by atoms with Crippen LogP contribution in [0.5, 0.6) is 5.75 Å². The number of ether oxygens (including phenoxy) is 1. The third-order valence-corrected chi connectivity index (χ3v) is 3.16. The van der Waals surface area contributed by atoms with Gasteiger partial charge in [0.15, 0.2) is 0 Å². The Morgan fingerprint density at radius 2 is 2.15 bits per heavy atom. The Morgan fingerprint density at radius 1 is 1.30 bits per heavy atom. The lowest BCUT2D eigenvalue weighted by Gasteiger charge is -2.08. The molecule has 0 N–H and O–H groups in total. The molecule has 0 aliphatic carbocycles. The zero-order valence-electron chi connectivity index (χ0n) is 11.0. The third-order valence-electron chi connectivity index (χ3n) is 3.16. The standard InChI is InChI=1S/C13H11N4O3/c1-7-8(2)13(18)20-11-5-9(3-4-10(7)11)19-6-12-14-16-17-15-12/h3-5H,6H2,1-2H3/q-1. The number of aryl methyl sites for hydroxylation is 1. The zero-order chi connectivity index (χ0) is 14.1. The highest BCUT2D eigenvalue weighted by molar-refractivity contribution is 5.82. The molecule has 2 heterocycles. The Balaban J connectivity index is 1.94. The van der Waals surface area contributed by atoms with Crippen LogP contribution in [0.15, 0.2) is 27.4 Å². The fourth-order valence-electron chi connectivity index (χ4n) is 1.89. The van der Waals surface area contributed by atoms with Crippen LogP contribution in [-0.4, -0.2) is 15.5 Å². The number of fused-ring (bicyclic) bond motifs is 1. The van der Waals surface area contributed by atoms with E-state index in [4.69, 9.17) is 9.15 Å². The van der Waals surface area contributed by atoms with Gasteiger partial charge < -0.3 is 14.3 Å². The van der Waals surface area contributed by atoms with Gasteiger partial charge in [-0.2, -0.15) is 5.21 Å². The predicted octanol–water partition coefficient (Wildman–Crippen LogP) is 1.13. The molecular formula is C13H11N4O3-. The summed E-state index contributed by atoms with van der Waals surface area (Å²) in [4.78, 5) is 11.7. The molecule has 0 fully saturated rings. The van der Waals surface area contributed by atoms with E-state index in [1.807, 2.05) is 13.0 Å². The van der Waals surface area contributed by atoms with Crippen molar-refractivity contribution in [3.63, 3.8) is 0 Å². The highest BCUT2D eigenvalue weighted by Crippen LogP contribution is 2.24. The first kappa shape index (κ1) is 12.3. The van der Waals surface area contributed by atoms with Crippen molar-refractivity contribution < 1.29 is 9.15 Å². The molecule has 0 atom stereocenters. The second kappa shape index (κ2) is 4.76. The number of nitrogens with zero attached hydrogens (tertiary/aromatic N) is 4. The molecule has 20 heavy (non-hydrogen) atoms. The first-order valence-electron chi connectivity index (χ1n) is 5.99. The van der Waals surface area contributed by atoms with Crippen molar-refractivity contribution in [3.05, 3.63) is 45.6 Å². The van der Waals surface area contributed by atoms with E-state index in [2.05, 4.69) is 20.6 Å². The second-order valence-electron chi connectivity index (χ2n) is 4.38. The normalized spacial score (nSPS) is 10.9. The van der Waals surface area contributed by atoms with Crippen molar-refractivity contribution in [1.29, 1.82) is 0 Å². The summed E-state index contributed by atoms with van der Waals surface area (Å²) in [7, 11) is 0. The van der Waals surface area contributed by atoms with E-state index in [9.17, 15) is 4.79 Å². The van der Waals surface area contributed by atoms with Gasteiger partial charge in [0.25, 0.3) is 0 Å². The highest BCUT2D eigenvalue weighted by atomic mass is 16.5. The van der Waals surface area contributed by atoms with Gasteiger partial charge in [0, 0.05) is 22.8 Å². The molecule has 102 valence electrons. The highest BCUT2D eigenvalue weighted by Gasteiger charge is 2.08. The monoisotopic (exact) mass is 271 g/mol. The van der Waals surface area contributed by atoms with Gasteiger partial charge in [-0.25, -0.2) is 4.79 Å². The van der Waals surface area contributed by atoms with Gasteiger partial charge in [-0.1, -0.05) is 0 Å². The van der Waals surface area contributed by atoms with Gasteiger partial charge in [0.1, 0.15) is 17.9 Å². The van der Waals surface area contributed by atoms with Gasteiger partial charge in [0.05, 0.1) is 0 Å². The van der Waals surface area contributed by atoms with E-state index in [0.29, 0.717) is 22.7 Å². The molecule has 3 aromatic rings. The van der Waals surface area contributed by atoms with E-state index in [0.717, 1.165) is 10.9 Å². The minimum atomic E-state index is -0.333. The Hall–Kier alpha value is -2.70. The van der Waals surface area contributed by atoms with Crippen LogP contribution >= 0.6 is 0 Å². The summed E-state index contributed by atoms with van der Waals surface area (Å²) in [5, 5.41) is 14.9. The average Bonchev–Trinajstić information content (AvgIpc) is 2.96. The Labute approximate surface area is 113 Å². The molecule has 7 nitrogen and oxygen atoms in total. The second-order valence-corrected chi connectivity index (χ2v) is 4.38. The first-order valence-corrected chi connectivity index (χ1v) is 5.99. The van der Waals surface area contributed by atoms with Gasteiger partial charge in [0.2, 0.25) is 0 Å². The van der Waals surface area contributed by atoms with E-state index in [-0.39, 0.29) is 12.2 Å². The van der Waals surface area contributed by atoms with Gasteiger partial charge >= 0.3 is 5.63 Å². The number of hydrogen-bond donors (Lipinski definition) is 0. The van der Waals surface area contributed by atoms with Crippen LogP contribution < -0.4 is 15.5 Å². The summed E-state index contributed by atoms with van der Waals surface area (Å²) >= 11 is 0. The van der Waals surface area contributed by atoms with E-state index in [1.165, 1.54) is 0 Å². The van der Waals surface area contributed by atoms with Crippen LogP contribution in [0, 0.1) is 13.8 Å². The van der Waals surface area contributed by atoms with Gasteiger partial charge in [-0.05, 0) is 31.5 Å². The summed E-state index contributed by atoms with van der Waals surface area (Å²) in [5.74, 6) is 0.959. The van der Waals surface area contributed by atoms with Gasteiger partial charge in [-0.3, -0.25) is 10.3 Å². The zero-order valence-corrected chi connectivity index (χ0v) is 11.0. The topological polar surface area (TPSA) is 92.2 Å². The average molecular weight is 271 g/mol. The molecular weight excluding hydrogens is 260 g/mol. The predicted molar refractivity (Wildman–Crippen MR) is 69.4 cm³/mol. The lowest BCUT2D eigenvalue weighted by molar-refractivity contribution is 0.295. The number of benzene rings is 1. The molecule has 7 heteroatoms. The summed E-state index contributed by atoms with van der Waals surface area (Å²) in [6.07, 6.45) is 0. The maximum atomic E-state index is 11.7. The quantitative estimate of drug-likeness (QED) is 0.659. The summed E-state index contributed by atoms with van der Waals surface area (Å²) in [5.41, 5.74) is 1.69. The molecule has 0 radical (unpaired) electrons. The smallest absolute Gasteiger partial charge is 0.339 e. The molecule has 0 unspecified atom stereocenters. The molecule has 0 saturated heterocycles. The van der Waals surface area contributed by atoms with Crippen molar-refractivity contribution in [3.8, 4) is 5.75 Å². The molecule has 1 aromatic carbocycles. The van der Waals surface area contributed by atoms with Crippen LogP contribution in [0.4, 0.5) is 0 Å². The maximum Gasteiger partial charge on any atom is 0.339 e. The molecule has 3 rings (SSSR count). The molecule has 2 aromatic heterocycles. The SMILES string of the molecule is Cc1c(C)c2ccc(OCc3nnn[n-]3)cc2oc1=O. The Kier molecular flexibility index (Phi) is 2.94. The number of hydrogen-bond acceptors (Lipinski definition) is 6. The minimum Gasteiger partial charge on any atom is -0.488 e. The number of aromatic nitrogens is 4. The lowest BCUT2D eigenvalue weighted by atomic mass is 10.1. The van der Waals surface area contributed by atoms with Crippen LogP contribution in [0.3, 0.4) is 0 Å². The first-order chi connectivity index (χ1) is 9.65. The molecule has 0 saturated carbocycles. The molecule has 0 aliphatic heterocycles. The van der Waals surface area contributed by atoms with Crippen LogP contribution in [0.25, 0.3) is 11.0 Å². The Morgan fingerprint density at radius 3 is 2.90 bits per heavy atom. The molecule has 0 amide bonds. The van der Waals surface area contributed by atoms with Crippen molar-refractivity contribution in [2.75, 3.05) is 0 Å². The largest absolute Gasteiger partial charge is 0.488 e. The summed E-state index contributed by atoms with van der Waals surface area (Å²) in [6.45, 7) is 3.80. The summed E-state index contributed by atoms with van der Waals surface area (Å²) < 4.78 is 10.8. The Bertz CT molecular complexity index is 808. The van der Waals surface area contributed by atoms with Crippen molar-refractivity contribution in [2.24, 2.45) is 0 Å². The lowest BCUT2D eigenvalue weighted by Crippen LogP contribution is -2.05. The van der Waals surface area contributed by atoms with Crippen LogP contribution in [0.2, 0.25) is 0 Å². The molecule has 0 aliphatic rings. The number of tetrazole rings is 1. The van der Waals surface area contributed by atoms with Crippen molar-refractivity contribution in [2.45, 2.75) is 20.5 Å². The number of rotatable bonds is 3. The fraction of sp³-hybridized carbons (Fsp3) is 0.231. The van der Waals surface area contributed by atoms with E-state index < -0.39 is 0 Å². The van der Waals surface area contributed by atoms with E-state index in [1.54, 1.807) is 19.1 Å². The van der Waals surface area contributed by atoms with Crippen LogP contribution in [0.1, 0.15) is 17.0 Å².